The number of hydrogen-bond acceptors (Lipinski definition) is 4. The molecule has 3 amide bonds. The lowest BCUT2D eigenvalue weighted by molar-refractivity contribution is -0.143. The SMILES string of the molecule is C[C@H](N)C(=O)N[C@H](C(=O)N1CCC[C@H]1C(=O)N[C@H]1CCCc2ccccc21)C1CCCCC1. The molecule has 7 nitrogen and oxygen atoms in total. The van der Waals surface area contributed by atoms with Crippen LogP contribution in [0.1, 0.15) is 81.9 Å². The van der Waals surface area contributed by atoms with Crippen LogP contribution in [0.25, 0.3) is 0 Å². The number of fused-ring (bicyclic) bond motifs is 1. The Bertz CT molecular complexity index is 865. The van der Waals surface area contributed by atoms with Gasteiger partial charge in [-0.15, -0.1) is 0 Å². The number of nitrogens with one attached hydrogen (secondary N) is 2. The lowest BCUT2D eigenvalue weighted by Gasteiger charge is -2.35. The summed E-state index contributed by atoms with van der Waals surface area (Å²) >= 11 is 0. The fourth-order valence-electron chi connectivity index (χ4n) is 5.79. The van der Waals surface area contributed by atoms with Gasteiger partial charge in [0.1, 0.15) is 12.1 Å². The third-order valence-electron chi connectivity index (χ3n) is 7.62. The predicted octanol–water partition coefficient (Wildman–Crippen LogP) is 2.58. The summed E-state index contributed by atoms with van der Waals surface area (Å²) in [6.07, 6.45) is 9.57. The molecule has 0 bridgehead atoms. The highest BCUT2D eigenvalue weighted by molar-refractivity contribution is 5.93. The molecule has 33 heavy (non-hydrogen) atoms. The Balaban J connectivity index is 1.48. The van der Waals surface area contributed by atoms with Gasteiger partial charge in [0.2, 0.25) is 17.7 Å². The number of hydrogen-bond donors (Lipinski definition) is 3. The summed E-state index contributed by atoms with van der Waals surface area (Å²) in [5, 5.41) is 6.17. The average Bonchev–Trinajstić information content (AvgIpc) is 3.33. The molecule has 1 heterocycles. The van der Waals surface area contributed by atoms with Gasteiger partial charge in [-0.1, -0.05) is 43.5 Å². The summed E-state index contributed by atoms with van der Waals surface area (Å²) in [6, 6.07) is 6.53. The van der Waals surface area contributed by atoms with Crippen LogP contribution in [0.5, 0.6) is 0 Å². The van der Waals surface area contributed by atoms with Crippen LogP contribution in [0.2, 0.25) is 0 Å². The topological polar surface area (TPSA) is 105 Å². The first-order chi connectivity index (χ1) is 16.0. The third-order valence-corrected chi connectivity index (χ3v) is 7.62. The van der Waals surface area contributed by atoms with Gasteiger partial charge in [0.25, 0.3) is 0 Å². The second-order valence-corrected chi connectivity index (χ2v) is 10.0. The molecule has 180 valence electrons. The maximum absolute atomic E-state index is 13.7. The summed E-state index contributed by atoms with van der Waals surface area (Å²) in [7, 11) is 0. The zero-order valence-electron chi connectivity index (χ0n) is 19.7. The van der Waals surface area contributed by atoms with Gasteiger partial charge in [-0.3, -0.25) is 14.4 Å². The number of likely N-dealkylation sites (tertiary alicyclic amines) is 1. The summed E-state index contributed by atoms with van der Waals surface area (Å²) in [5.41, 5.74) is 8.27. The van der Waals surface area contributed by atoms with E-state index >= 15 is 0 Å². The molecule has 0 aromatic heterocycles. The van der Waals surface area contributed by atoms with E-state index in [1.54, 1.807) is 11.8 Å². The second kappa shape index (κ2) is 10.7. The van der Waals surface area contributed by atoms with Crippen molar-refractivity contribution in [3.05, 3.63) is 35.4 Å². The quantitative estimate of drug-likeness (QED) is 0.614. The number of rotatable bonds is 6. The molecule has 1 aromatic rings. The van der Waals surface area contributed by atoms with Crippen molar-refractivity contribution in [1.29, 1.82) is 0 Å². The van der Waals surface area contributed by atoms with Gasteiger partial charge in [-0.2, -0.15) is 0 Å². The highest BCUT2D eigenvalue weighted by atomic mass is 16.2. The fraction of sp³-hybridized carbons (Fsp3) is 0.654. The Labute approximate surface area is 196 Å². The Morgan fingerprint density at radius 3 is 2.52 bits per heavy atom. The highest BCUT2D eigenvalue weighted by Crippen LogP contribution is 2.32. The first-order valence-corrected chi connectivity index (χ1v) is 12.7. The van der Waals surface area contributed by atoms with E-state index in [4.69, 9.17) is 5.73 Å². The molecule has 3 aliphatic rings. The first-order valence-electron chi connectivity index (χ1n) is 12.7. The van der Waals surface area contributed by atoms with Gasteiger partial charge in [0.15, 0.2) is 0 Å². The minimum Gasteiger partial charge on any atom is -0.347 e. The van der Waals surface area contributed by atoms with Crippen LogP contribution in [-0.4, -0.2) is 47.3 Å². The number of benzene rings is 1. The smallest absolute Gasteiger partial charge is 0.246 e. The van der Waals surface area contributed by atoms with Gasteiger partial charge in [-0.05, 0) is 68.9 Å². The lowest BCUT2D eigenvalue weighted by atomic mass is 9.83. The maximum atomic E-state index is 13.7. The van der Waals surface area contributed by atoms with Crippen LogP contribution in [-0.2, 0) is 20.8 Å². The molecular formula is C26H38N4O3. The molecule has 0 unspecified atom stereocenters. The Hall–Kier alpha value is -2.41. The summed E-state index contributed by atoms with van der Waals surface area (Å²) < 4.78 is 0. The molecule has 1 saturated carbocycles. The number of amides is 3. The molecule has 7 heteroatoms. The van der Waals surface area contributed by atoms with E-state index in [9.17, 15) is 14.4 Å². The summed E-state index contributed by atoms with van der Waals surface area (Å²) in [6.45, 7) is 2.18. The van der Waals surface area contributed by atoms with Crippen LogP contribution in [0.15, 0.2) is 24.3 Å². The predicted molar refractivity (Wildman–Crippen MR) is 127 cm³/mol. The molecular weight excluding hydrogens is 416 g/mol. The van der Waals surface area contributed by atoms with Gasteiger partial charge in [-0.25, -0.2) is 0 Å². The minimum absolute atomic E-state index is 0.00747. The lowest BCUT2D eigenvalue weighted by Crippen LogP contribution is -2.58. The van der Waals surface area contributed by atoms with Crippen LogP contribution >= 0.6 is 0 Å². The van der Waals surface area contributed by atoms with Crippen LogP contribution in [0.3, 0.4) is 0 Å². The molecule has 1 saturated heterocycles. The molecule has 4 atom stereocenters. The van der Waals surface area contributed by atoms with Gasteiger partial charge >= 0.3 is 0 Å². The molecule has 4 rings (SSSR count). The van der Waals surface area contributed by atoms with Crippen molar-refractivity contribution in [2.24, 2.45) is 11.7 Å². The highest BCUT2D eigenvalue weighted by Gasteiger charge is 2.41. The minimum atomic E-state index is -0.673. The number of nitrogens with zero attached hydrogens (tertiary/aromatic N) is 1. The van der Waals surface area contributed by atoms with E-state index in [1.165, 1.54) is 11.1 Å². The number of nitrogens with two attached hydrogens (primary N) is 1. The van der Waals surface area contributed by atoms with E-state index in [0.29, 0.717) is 13.0 Å². The summed E-state index contributed by atoms with van der Waals surface area (Å²) in [5.74, 6) is -0.414. The number of carbonyl (C=O) groups excluding carboxylic acids is 3. The van der Waals surface area contributed by atoms with Gasteiger partial charge in [0, 0.05) is 6.54 Å². The van der Waals surface area contributed by atoms with Crippen LogP contribution < -0.4 is 16.4 Å². The fourth-order valence-corrected chi connectivity index (χ4v) is 5.79. The third kappa shape index (κ3) is 5.40. The molecule has 0 spiro atoms. The van der Waals surface area contributed by atoms with Crippen LogP contribution in [0.4, 0.5) is 0 Å². The number of aryl methyl sites for hydroxylation is 1. The zero-order chi connectivity index (χ0) is 23.4. The van der Waals surface area contributed by atoms with Crippen molar-refractivity contribution in [3.63, 3.8) is 0 Å². The van der Waals surface area contributed by atoms with Crippen LogP contribution in [0, 0.1) is 5.92 Å². The molecule has 0 radical (unpaired) electrons. The largest absolute Gasteiger partial charge is 0.347 e. The van der Waals surface area contributed by atoms with Crippen molar-refractivity contribution in [2.45, 2.75) is 95.3 Å². The van der Waals surface area contributed by atoms with E-state index < -0.39 is 18.1 Å². The van der Waals surface area contributed by atoms with Crippen molar-refractivity contribution < 1.29 is 14.4 Å². The normalized spacial score (nSPS) is 25.1. The average molecular weight is 455 g/mol. The summed E-state index contributed by atoms with van der Waals surface area (Å²) in [4.78, 5) is 41.2. The number of carbonyl (C=O) groups is 3. The van der Waals surface area contributed by atoms with E-state index in [2.05, 4.69) is 22.8 Å². The van der Waals surface area contributed by atoms with Gasteiger partial charge in [0.05, 0.1) is 12.1 Å². The van der Waals surface area contributed by atoms with E-state index in [0.717, 1.165) is 57.8 Å². The van der Waals surface area contributed by atoms with Crippen molar-refractivity contribution >= 4 is 17.7 Å². The molecule has 2 aliphatic carbocycles. The standard InChI is InChI=1S/C26H38N4O3/c1-17(27)24(31)29-23(19-10-3-2-4-11-19)26(33)30-16-8-15-22(30)25(32)28-21-14-7-12-18-9-5-6-13-20(18)21/h5-6,9,13,17,19,21-23H,2-4,7-8,10-12,14-16,27H2,1H3,(H,28,32)(H,29,31)/t17-,21-,22-,23-/m0/s1. The Kier molecular flexibility index (Phi) is 7.68. The first kappa shape index (κ1) is 23.7. The van der Waals surface area contributed by atoms with E-state index in [1.807, 2.05) is 12.1 Å². The van der Waals surface area contributed by atoms with E-state index in [-0.39, 0.29) is 29.7 Å². The molecule has 2 fully saturated rings. The molecule has 1 aliphatic heterocycles. The maximum Gasteiger partial charge on any atom is 0.246 e. The monoisotopic (exact) mass is 454 g/mol. The van der Waals surface area contributed by atoms with Crippen molar-refractivity contribution in [2.75, 3.05) is 6.54 Å². The van der Waals surface area contributed by atoms with Crippen molar-refractivity contribution in [1.82, 2.24) is 15.5 Å². The van der Waals surface area contributed by atoms with Gasteiger partial charge < -0.3 is 21.3 Å². The Morgan fingerprint density at radius 1 is 1.00 bits per heavy atom. The van der Waals surface area contributed by atoms with Crippen molar-refractivity contribution in [3.8, 4) is 0 Å². The molecule has 4 N–H and O–H groups in total. The molecule has 1 aromatic carbocycles. The Morgan fingerprint density at radius 2 is 1.76 bits per heavy atom. The second-order valence-electron chi connectivity index (χ2n) is 10.0. The zero-order valence-corrected chi connectivity index (χ0v) is 19.7.